The Bertz CT molecular complexity index is 462. The Kier molecular flexibility index (Phi) is 6.30. The maximum atomic E-state index is 6.29. The fraction of sp³-hybridized carbons (Fsp3) is 0.667. The fourth-order valence-electron chi connectivity index (χ4n) is 3.62. The van der Waals surface area contributed by atoms with Crippen LogP contribution < -0.4 is 0 Å². The highest BCUT2D eigenvalue weighted by Gasteiger charge is 2.31. The van der Waals surface area contributed by atoms with Crippen LogP contribution in [0, 0.1) is 0 Å². The SMILES string of the molecule is Brc1cccc(CCO[C@H]2CCCC[C@@H]2N2CCOCC2)c1. The average Bonchev–Trinajstić information content (AvgIpc) is 2.56. The molecular formula is C18H26BrNO2. The lowest BCUT2D eigenvalue weighted by atomic mass is 9.91. The summed E-state index contributed by atoms with van der Waals surface area (Å²) >= 11 is 3.53. The number of nitrogens with zero attached hydrogens (tertiary/aromatic N) is 1. The first-order valence-electron chi connectivity index (χ1n) is 8.51. The van der Waals surface area contributed by atoms with Crippen molar-refractivity contribution >= 4 is 15.9 Å². The molecule has 0 bridgehead atoms. The Morgan fingerprint density at radius 2 is 2.00 bits per heavy atom. The Hall–Kier alpha value is -0.420. The van der Waals surface area contributed by atoms with E-state index < -0.39 is 0 Å². The molecular weight excluding hydrogens is 342 g/mol. The number of ether oxygens (including phenoxy) is 2. The molecule has 22 heavy (non-hydrogen) atoms. The Morgan fingerprint density at radius 1 is 1.18 bits per heavy atom. The number of benzene rings is 1. The van der Waals surface area contributed by atoms with Crippen molar-refractivity contribution in [1.82, 2.24) is 4.90 Å². The summed E-state index contributed by atoms with van der Waals surface area (Å²) in [6.45, 7) is 4.71. The first-order valence-corrected chi connectivity index (χ1v) is 9.30. The van der Waals surface area contributed by atoms with Crippen LogP contribution in [0.2, 0.25) is 0 Å². The molecule has 4 heteroatoms. The molecule has 3 nitrogen and oxygen atoms in total. The van der Waals surface area contributed by atoms with Crippen LogP contribution in [0.5, 0.6) is 0 Å². The predicted octanol–water partition coefficient (Wildman–Crippen LogP) is 3.65. The molecule has 1 aliphatic heterocycles. The van der Waals surface area contributed by atoms with E-state index in [2.05, 4.69) is 45.1 Å². The molecule has 3 rings (SSSR count). The lowest BCUT2D eigenvalue weighted by molar-refractivity contribution is -0.0647. The van der Waals surface area contributed by atoms with Crippen molar-refractivity contribution in [3.8, 4) is 0 Å². The zero-order valence-corrected chi connectivity index (χ0v) is 14.8. The van der Waals surface area contributed by atoms with Gasteiger partial charge in [0, 0.05) is 23.6 Å². The molecule has 0 amide bonds. The maximum Gasteiger partial charge on any atom is 0.0730 e. The molecule has 1 aromatic rings. The summed E-state index contributed by atoms with van der Waals surface area (Å²) in [5.41, 5.74) is 1.34. The van der Waals surface area contributed by atoms with Gasteiger partial charge in [-0.1, -0.05) is 40.9 Å². The second kappa shape index (κ2) is 8.44. The van der Waals surface area contributed by atoms with Gasteiger partial charge in [-0.3, -0.25) is 4.90 Å². The minimum atomic E-state index is 0.402. The van der Waals surface area contributed by atoms with Crippen molar-refractivity contribution in [2.24, 2.45) is 0 Å². The molecule has 122 valence electrons. The Morgan fingerprint density at radius 3 is 2.82 bits per heavy atom. The van der Waals surface area contributed by atoms with Gasteiger partial charge in [0.25, 0.3) is 0 Å². The highest BCUT2D eigenvalue weighted by molar-refractivity contribution is 9.10. The van der Waals surface area contributed by atoms with Crippen molar-refractivity contribution in [2.75, 3.05) is 32.9 Å². The highest BCUT2D eigenvalue weighted by atomic mass is 79.9. The minimum absolute atomic E-state index is 0.402. The van der Waals surface area contributed by atoms with Crippen LogP contribution in [0.1, 0.15) is 31.2 Å². The van der Waals surface area contributed by atoms with Crippen LogP contribution in [0.3, 0.4) is 0 Å². The number of morpholine rings is 1. The summed E-state index contributed by atoms with van der Waals surface area (Å²) in [5.74, 6) is 0. The van der Waals surface area contributed by atoms with E-state index in [1.165, 1.54) is 31.2 Å². The fourth-order valence-corrected chi connectivity index (χ4v) is 4.07. The summed E-state index contributed by atoms with van der Waals surface area (Å²) in [7, 11) is 0. The molecule has 1 heterocycles. The summed E-state index contributed by atoms with van der Waals surface area (Å²) < 4.78 is 12.9. The van der Waals surface area contributed by atoms with Gasteiger partial charge in [0.1, 0.15) is 0 Å². The monoisotopic (exact) mass is 367 g/mol. The molecule has 1 saturated carbocycles. The number of hydrogen-bond donors (Lipinski definition) is 0. The largest absolute Gasteiger partial charge is 0.379 e. The van der Waals surface area contributed by atoms with Crippen molar-refractivity contribution in [1.29, 1.82) is 0 Å². The second-order valence-corrected chi connectivity index (χ2v) is 7.20. The average molecular weight is 368 g/mol. The highest BCUT2D eigenvalue weighted by Crippen LogP contribution is 2.26. The van der Waals surface area contributed by atoms with Gasteiger partial charge >= 0.3 is 0 Å². The molecule has 0 aromatic heterocycles. The molecule has 0 spiro atoms. The topological polar surface area (TPSA) is 21.7 Å². The lowest BCUT2D eigenvalue weighted by Gasteiger charge is -2.41. The van der Waals surface area contributed by atoms with E-state index in [1.807, 2.05) is 0 Å². The lowest BCUT2D eigenvalue weighted by Crippen LogP contribution is -2.51. The molecule has 0 radical (unpaired) electrons. The normalized spacial score (nSPS) is 27.0. The van der Waals surface area contributed by atoms with Crippen LogP contribution in [0.15, 0.2) is 28.7 Å². The van der Waals surface area contributed by atoms with Gasteiger partial charge in [0.2, 0.25) is 0 Å². The van der Waals surface area contributed by atoms with Crippen LogP contribution in [-0.2, 0) is 15.9 Å². The molecule has 2 atom stereocenters. The third kappa shape index (κ3) is 4.54. The number of rotatable bonds is 5. The van der Waals surface area contributed by atoms with E-state index >= 15 is 0 Å². The van der Waals surface area contributed by atoms with Crippen molar-refractivity contribution in [3.05, 3.63) is 34.3 Å². The van der Waals surface area contributed by atoms with Crippen molar-refractivity contribution in [2.45, 2.75) is 44.2 Å². The Labute approximate surface area is 142 Å². The van der Waals surface area contributed by atoms with Crippen molar-refractivity contribution in [3.63, 3.8) is 0 Å². The Balaban J connectivity index is 1.50. The number of halogens is 1. The summed E-state index contributed by atoms with van der Waals surface area (Å²) in [6, 6.07) is 9.12. The third-order valence-electron chi connectivity index (χ3n) is 4.79. The van der Waals surface area contributed by atoms with Gasteiger partial charge < -0.3 is 9.47 Å². The summed E-state index contributed by atoms with van der Waals surface area (Å²) in [5, 5.41) is 0. The molecule has 2 aliphatic rings. The summed E-state index contributed by atoms with van der Waals surface area (Å²) in [6.07, 6.45) is 6.53. The van der Waals surface area contributed by atoms with E-state index in [0.29, 0.717) is 12.1 Å². The van der Waals surface area contributed by atoms with Gasteiger partial charge in [0.15, 0.2) is 0 Å². The first kappa shape index (κ1) is 16.4. The maximum absolute atomic E-state index is 6.29. The van der Waals surface area contributed by atoms with E-state index in [-0.39, 0.29) is 0 Å². The zero-order chi connectivity index (χ0) is 15.2. The van der Waals surface area contributed by atoms with Crippen LogP contribution in [-0.4, -0.2) is 50.0 Å². The van der Waals surface area contributed by atoms with Crippen LogP contribution in [0.4, 0.5) is 0 Å². The van der Waals surface area contributed by atoms with E-state index in [9.17, 15) is 0 Å². The standard InChI is InChI=1S/C18H26BrNO2/c19-16-5-3-4-15(14-16)8-11-22-18-7-2-1-6-17(18)20-9-12-21-13-10-20/h3-5,14,17-18H,1-2,6-13H2/t17-,18-/m0/s1. The molecule has 1 aromatic carbocycles. The molecule has 2 fully saturated rings. The van der Waals surface area contributed by atoms with Gasteiger partial charge in [-0.25, -0.2) is 0 Å². The third-order valence-corrected chi connectivity index (χ3v) is 5.29. The quantitative estimate of drug-likeness (QED) is 0.792. The van der Waals surface area contributed by atoms with E-state index in [4.69, 9.17) is 9.47 Å². The minimum Gasteiger partial charge on any atom is -0.379 e. The van der Waals surface area contributed by atoms with Gasteiger partial charge in [-0.05, 0) is 37.0 Å². The van der Waals surface area contributed by atoms with Crippen molar-refractivity contribution < 1.29 is 9.47 Å². The second-order valence-electron chi connectivity index (χ2n) is 6.29. The molecule has 1 saturated heterocycles. The van der Waals surface area contributed by atoms with Gasteiger partial charge in [0.05, 0.1) is 25.9 Å². The van der Waals surface area contributed by atoms with Gasteiger partial charge in [-0.15, -0.1) is 0 Å². The van der Waals surface area contributed by atoms with Crippen LogP contribution >= 0.6 is 15.9 Å². The zero-order valence-electron chi connectivity index (χ0n) is 13.2. The molecule has 0 unspecified atom stereocenters. The van der Waals surface area contributed by atoms with Crippen LogP contribution in [0.25, 0.3) is 0 Å². The van der Waals surface area contributed by atoms with E-state index in [1.54, 1.807) is 0 Å². The number of hydrogen-bond acceptors (Lipinski definition) is 3. The smallest absolute Gasteiger partial charge is 0.0730 e. The summed E-state index contributed by atoms with van der Waals surface area (Å²) in [4.78, 5) is 2.59. The predicted molar refractivity (Wildman–Crippen MR) is 92.2 cm³/mol. The first-order chi connectivity index (χ1) is 10.8. The van der Waals surface area contributed by atoms with Gasteiger partial charge in [-0.2, -0.15) is 0 Å². The van der Waals surface area contributed by atoms with E-state index in [0.717, 1.165) is 43.8 Å². The molecule has 0 N–H and O–H groups in total. The molecule has 1 aliphatic carbocycles.